The van der Waals surface area contributed by atoms with E-state index in [0.29, 0.717) is 29.9 Å². The Labute approximate surface area is 141 Å². The molecule has 1 aromatic rings. The SMILES string of the molecule is CC1c2ccc(O)cc2[C@]2(C)CCN(C)[C@H]12.O=C(O)/C=C/C(=O)O. The molecule has 0 bridgehead atoms. The van der Waals surface area contributed by atoms with E-state index in [1.807, 2.05) is 12.1 Å². The van der Waals surface area contributed by atoms with Crippen LogP contribution in [-0.4, -0.2) is 51.8 Å². The predicted octanol–water partition coefficient (Wildman–Crippen LogP) is 2.18. The third-order valence-corrected chi connectivity index (χ3v) is 5.10. The van der Waals surface area contributed by atoms with Crippen LogP contribution in [0, 0.1) is 0 Å². The van der Waals surface area contributed by atoms with Crippen molar-refractivity contribution in [1.29, 1.82) is 0 Å². The molecule has 1 aliphatic heterocycles. The van der Waals surface area contributed by atoms with Crippen molar-refractivity contribution in [2.24, 2.45) is 0 Å². The van der Waals surface area contributed by atoms with E-state index in [1.165, 1.54) is 24.1 Å². The first-order valence-corrected chi connectivity index (χ1v) is 7.84. The van der Waals surface area contributed by atoms with Gasteiger partial charge >= 0.3 is 11.9 Å². The van der Waals surface area contributed by atoms with Crippen molar-refractivity contribution < 1.29 is 24.9 Å². The maximum Gasteiger partial charge on any atom is 0.328 e. The second-order valence-corrected chi connectivity index (χ2v) is 6.66. The Morgan fingerprint density at radius 2 is 1.83 bits per heavy atom. The Hall–Kier alpha value is -2.34. The number of aliphatic carboxylic acids is 2. The molecule has 6 nitrogen and oxygen atoms in total. The molecule has 1 aliphatic carbocycles. The van der Waals surface area contributed by atoms with Crippen LogP contribution in [0.25, 0.3) is 0 Å². The van der Waals surface area contributed by atoms with Crippen molar-refractivity contribution in [3.63, 3.8) is 0 Å². The topological polar surface area (TPSA) is 98.1 Å². The Balaban J connectivity index is 0.000000224. The summed E-state index contributed by atoms with van der Waals surface area (Å²) >= 11 is 0. The fraction of sp³-hybridized carbons (Fsp3) is 0.444. The predicted molar refractivity (Wildman–Crippen MR) is 89.3 cm³/mol. The Kier molecular flexibility index (Phi) is 4.99. The van der Waals surface area contributed by atoms with Gasteiger partial charge < -0.3 is 20.2 Å². The molecule has 1 unspecified atom stereocenters. The monoisotopic (exact) mass is 333 g/mol. The van der Waals surface area contributed by atoms with Crippen LogP contribution in [-0.2, 0) is 15.0 Å². The summed E-state index contributed by atoms with van der Waals surface area (Å²) in [6.07, 6.45) is 2.32. The van der Waals surface area contributed by atoms with Crippen molar-refractivity contribution >= 4 is 11.9 Å². The van der Waals surface area contributed by atoms with E-state index in [2.05, 4.69) is 31.9 Å². The van der Waals surface area contributed by atoms with Gasteiger partial charge in [0.05, 0.1) is 0 Å². The van der Waals surface area contributed by atoms with Crippen molar-refractivity contribution in [1.82, 2.24) is 4.90 Å². The van der Waals surface area contributed by atoms with Crippen molar-refractivity contribution in [3.8, 4) is 5.75 Å². The first kappa shape index (κ1) is 18.0. The summed E-state index contributed by atoms with van der Waals surface area (Å²) in [6.45, 7) is 5.83. The number of phenolic OH excluding ortho intramolecular Hbond substituents is 1. The van der Waals surface area contributed by atoms with Crippen LogP contribution in [0.4, 0.5) is 0 Å². The molecule has 6 heteroatoms. The number of likely N-dealkylation sites (tertiary alicyclic amines) is 1. The van der Waals surface area contributed by atoms with E-state index in [-0.39, 0.29) is 5.41 Å². The van der Waals surface area contributed by atoms with Crippen LogP contribution < -0.4 is 0 Å². The number of carboxylic acid groups (broad SMARTS) is 2. The second-order valence-electron chi connectivity index (χ2n) is 6.66. The zero-order chi connectivity index (χ0) is 18.1. The number of hydrogen-bond donors (Lipinski definition) is 3. The lowest BCUT2D eigenvalue weighted by molar-refractivity contribution is -0.134. The summed E-state index contributed by atoms with van der Waals surface area (Å²) in [7, 11) is 2.22. The van der Waals surface area contributed by atoms with Gasteiger partial charge in [0.15, 0.2) is 0 Å². The second kappa shape index (κ2) is 6.65. The first-order valence-electron chi connectivity index (χ1n) is 7.84. The van der Waals surface area contributed by atoms with Crippen LogP contribution in [0.3, 0.4) is 0 Å². The molecule has 3 N–H and O–H groups in total. The van der Waals surface area contributed by atoms with Gasteiger partial charge in [0.25, 0.3) is 0 Å². The van der Waals surface area contributed by atoms with Gasteiger partial charge in [-0.05, 0) is 49.2 Å². The summed E-state index contributed by atoms with van der Waals surface area (Å²) in [5.41, 5.74) is 3.04. The average Bonchev–Trinajstić information content (AvgIpc) is 2.92. The third-order valence-electron chi connectivity index (χ3n) is 5.10. The molecular formula is C18H23NO5. The molecule has 0 amide bonds. The number of nitrogens with zero attached hydrogens (tertiary/aromatic N) is 1. The van der Waals surface area contributed by atoms with Crippen LogP contribution in [0.1, 0.15) is 37.3 Å². The molecule has 3 rings (SSSR count). The number of carboxylic acids is 2. The van der Waals surface area contributed by atoms with Gasteiger partial charge in [-0.25, -0.2) is 9.59 Å². The van der Waals surface area contributed by atoms with E-state index in [0.717, 1.165) is 0 Å². The van der Waals surface area contributed by atoms with Crippen LogP contribution >= 0.6 is 0 Å². The largest absolute Gasteiger partial charge is 0.508 e. The normalized spacial score (nSPS) is 28.1. The lowest BCUT2D eigenvalue weighted by atomic mass is 9.80. The minimum absolute atomic E-state index is 0.238. The fourth-order valence-electron chi connectivity index (χ4n) is 4.16. The molecule has 2 aliphatic rings. The van der Waals surface area contributed by atoms with Gasteiger partial charge in [0.2, 0.25) is 0 Å². The maximum atomic E-state index is 9.67. The van der Waals surface area contributed by atoms with Crippen LogP contribution in [0.15, 0.2) is 30.4 Å². The zero-order valence-corrected chi connectivity index (χ0v) is 14.1. The minimum atomic E-state index is -1.26. The van der Waals surface area contributed by atoms with Crippen molar-refractivity contribution in [2.75, 3.05) is 13.6 Å². The Morgan fingerprint density at radius 3 is 2.38 bits per heavy atom. The summed E-state index contributed by atoms with van der Waals surface area (Å²) < 4.78 is 0. The molecule has 1 fully saturated rings. The lowest BCUT2D eigenvalue weighted by Gasteiger charge is -2.30. The molecule has 0 spiro atoms. The highest BCUT2D eigenvalue weighted by Crippen LogP contribution is 2.53. The summed E-state index contributed by atoms with van der Waals surface area (Å²) in [5, 5.41) is 25.3. The van der Waals surface area contributed by atoms with Gasteiger partial charge in [-0.15, -0.1) is 0 Å². The molecule has 1 heterocycles. The summed E-state index contributed by atoms with van der Waals surface area (Å²) in [6, 6.07) is 6.50. The molecular weight excluding hydrogens is 310 g/mol. The molecule has 24 heavy (non-hydrogen) atoms. The van der Waals surface area contributed by atoms with Gasteiger partial charge in [-0.3, -0.25) is 0 Å². The first-order chi connectivity index (χ1) is 11.2. The molecule has 0 saturated carbocycles. The lowest BCUT2D eigenvalue weighted by Crippen LogP contribution is -2.37. The van der Waals surface area contributed by atoms with Crippen LogP contribution in [0.2, 0.25) is 0 Å². The molecule has 1 aromatic carbocycles. The fourth-order valence-corrected chi connectivity index (χ4v) is 4.16. The zero-order valence-electron chi connectivity index (χ0n) is 14.1. The van der Waals surface area contributed by atoms with Gasteiger partial charge in [-0.1, -0.05) is 19.9 Å². The van der Waals surface area contributed by atoms with Gasteiger partial charge in [0.1, 0.15) is 5.75 Å². The number of benzene rings is 1. The molecule has 1 saturated heterocycles. The minimum Gasteiger partial charge on any atom is -0.508 e. The number of likely N-dealkylation sites (N-methyl/N-ethyl adjacent to an activating group) is 1. The summed E-state index contributed by atoms with van der Waals surface area (Å²) in [4.78, 5) is 21.6. The number of rotatable bonds is 2. The van der Waals surface area contributed by atoms with Crippen molar-refractivity contribution in [3.05, 3.63) is 41.5 Å². The summed E-state index contributed by atoms with van der Waals surface area (Å²) in [5.74, 6) is -1.53. The van der Waals surface area contributed by atoms with E-state index >= 15 is 0 Å². The highest BCUT2D eigenvalue weighted by atomic mass is 16.4. The number of aromatic hydroxyl groups is 1. The number of phenols is 1. The van der Waals surface area contributed by atoms with Gasteiger partial charge in [0, 0.05) is 23.6 Å². The number of carbonyl (C=O) groups is 2. The molecule has 0 aromatic heterocycles. The Morgan fingerprint density at radius 1 is 1.25 bits per heavy atom. The molecule has 3 atom stereocenters. The average molecular weight is 333 g/mol. The standard InChI is InChI=1S/C14H19NO.C4H4O4/c1-9-11-5-4-10(16)8-12(11)14(2)6-7-15(3)13(9)14;5-3(6)1-2-4(7)8/h4-5,8-9,13,16H,6-7H2,1-3H3;1-2H,(H,5,6)(H,7,8)/b;2-1+/t9?,13-,14+;/m1./s1. The Bertz CT molecular complexity index is 668. The van der Waals surface area contributed by atoms with E-state index in [1.54, 1.807) is 0 Å². The van der Waals surface area contributed by atoms with Crippen molar-refractivity contribution in [2.45, 2.75) is 37.6 Å². The number of hydrogen-bond acceptors (Lipinski definition) is 4. The van der Waals surface area contributed by atoms with Crippen LogP contribution in [0.5, 0.6) is 5.75 Å². The molecule has 0 radical (unpaired) electrons. The van der Waals surface area contributed by atoms with Gasteiger partial charge in [-0.2, -0.15) is 0 Å². The highest BCUT2D eigenvalue weighted by molar-refractivity contribution is 5.89. The quantitative estimate of drug-likeness (QED) is 0.718. The van der Waals surface area contributed by atoms with E-state index in [4.69, 9.17) is 10.2 Å². The van der Waals surface area contributed by atoms with E-state index < -0.39 is 11.9 Å². The highest BCUT2D eigenvalue weighted by Gasteiger charge is 2.52. The smallest absolute Gasteiger partial charge is 0.328 e. The van der Waals surface area contributed by atoms with E-state index in [9.17, 15) is 14.7 Å². The number of fused-ring (bicyclic) bond motifs is 3. The molecule has 130 valence electrons. The third kappa shape index (κ3) is 3.28. The maximum absolute atomic E-state index is 9.67.